The van der Waals surface area contributed by atoms with Gasteiger partial charge in [-0.25, -0.2) is 9.67 Å². The van der Waals surface area contributed by atoms with E-state index in [9.17, 15) is 9.90 Å². The maximum absolute atomic E-state index is 13.4. The van der Waals surface area contributed by atoms with E-state index in [1.54, 1.807) is 29.1 Å². The lowest BCUT2D eigenvalue weighted by Crippen LogP contribution is -2.31. The number of aryl methyl sites for hydroxylation is 1. The number of aliphatic hydroxyl groups excluding tert-OH is 1. The first-order valence-electron chi connectivity index (χ1n) is 10.3. The smallest absolute Gasteiger partial charge is 0.257 e. The van der Waals surface area contributed by atoms with Gasteiger partial charge in [-0.1, -0.05) is 12.1 Å². The number of hydrogen-bond acceptors (Lipinski definition) is 8. The number of nitrogens with zero attached hydrogens (tertiary/aromatic N) is 4. The summed E-state index contributed by atoms with van der Waals surface area (Å²) in [6.07, 6.45) is 2.70. The Balaban J connectivity index is 1.57. The molecule has 164 valence electrons. The van der Waals surface area contributed by atoms with Crippen LogP contribution in [0, 0.1) is 0 Å². The monoisotopic (exact) mass is 434 g/mol. The van der Waals surface area contributed by atoms with Crippen LogP contribution in [0.2, 0.25) is 0 Å². The molecule has 2 aromatic heterocycles. The van der Waals surface area contributed by atoms with Gasteiger partial charge in [-0.2, -0.15) is 10.1 Å². The van der Waals surface area contributed by atoms with Crippen LogP contribution >= 0.6 is 0 Å². The molecule has 0 spiro atoms. The van der Waals surface area contributed by atoms with Crippen molar-refractivity contribution in [2.24, 2.45) is 0 Å². The summed E-state index contributed by atoms with van der Waals surface area (Å²) < 4.78 is 12.7. The molecule has 1 atom stereocenters. The van der Waals surface area contributed by atoms with Gasteiger partial charge in [0.2, 0.25) is 12.7 Å². The Hall–Kier alpha value is -3.92. The van der Waals surface area contributed by atoms with Crippen molar-refractivity contribution in [2.75, 3.05) is 24.0 Å². The summed E-state index contributed by atoms with van der Waals surface area (Å²) in [6, 6.07) is 10.4. The average molecular weight is 434 g/mol. The zero-order chi connectivity index (χ0) is 22.1. The summed E-state index contributed by atoms with van der Waals surface area (Å²) >= 11 is 0. The van der Waals surface area contributed by atoms with Gasteiger partial charge in [0.05, 0.1) is 5.57 Å². The molecule has 10 heteroatoms. The number of ether oxygens (including phenoxy) is 2. The van der Waals surface area contributed by atoms with E-state index < -0.39 is 6.04 Å². The number of aliphatic hydroxyl groups is 1. The van der Waals surface area contributed by atoms with Gasteiger partial charge in [-0.15, -0.1) is 0 Å². The molecule has 2 aliphatic rings. The van der Waals surface area contributed by atoms with Crippen LogP contribution in [0.5, 0.6) is 11.5 Å². The van der Waals surface area contributed by atoms with Gasteiger partial charge < -0.3 is 25.2 Å². The Bertz CT molecular complexity index is 1190. The molecular weight excluding hydrogens is 412 g/mol. The molecule has 4 heterocycles. The number of carbonyl (C=O) groups is 1. The van der Waals surface area contributed by atoms with Crippen LogP contribution in [0.15, 0.2) is 53.9 Å². The molecular formula is C22H22N6O4. The van der Waals surface area contributed by atoms with E-state index in [4.69, 9.17) is 9.47 Å². The molecule has 0 bridgehead atoms. The molecule has 3 N–H and O–H groups in total. The van der Waals surface area contributed by atoms with Crippen molar-refractivity contribution in [2.45, 2.75) is 25.8 Å². The molecule has 0 saturated heterocycles. The van der Waals surface area contributed by atoms with Gasteiger partial charge >= 0.3 is 0 Å². The third kappa shape index (κ3) is 3.65. The Morgan fingerprint density at radius 2 is 2.16 bits per heavy atom. The zero-order valence-electron chi connectivity index (χ0n) is 17.4. The van der Waals surface area contributed by atoms with Crippen LogP contribution < -0.4 is 20.1 Å². The van der Waals surface area contributed by atoms with Crippen LogP contribution in [-0.2, 0) is 11.2 Å². The van der Waals surface area contributed by atoms with E-state index in [2.05, 4.69) is 25.7 Å². The van der Waals surface area contributed by atoms with E-state index in [-0.39, 0.29) is 19.3 Å². The van der Waals surface area contributed by atoms with Crippen molar-refractivity contribution in [1.82, 2.24) is 19.7 Å². The maximum Gasteiger partial charge on any atom is 0.257 e. The fourth-order valence-electron chi connectivity index (χ4n) is 3.84. The van der Waals surface area contributed by atoms with E-state index in [0.717, 1.165) is 5.56 Å². The molecule has 32 heavy (non-hydrogen) atoms. The van der Waals surface area contributed by atoms with Crippen LogP contribution in [0.25, 0.3) is 0 Å². The molecule has 0 aliphatic carbocycles. The first kappa shape index (κ1) is 20.0. The normalized spacial score (nSPS) is 16.5. The molecule has 1 unspecified atom stereocenters. The second-order valence-electron chi connectivity index (χ2n) is 7.47. The maximum atomic E-state index is 13.4. The van der Waals surface area contributed by atoms with Gasteiger partial charge in [-0.05, 0) is 43.2 Å². The SMILES string of the molecule is CC1=C(C(=O)Nc2ccccn2)C(c2ccc3c(c2)OCO3)n2nc(CCCO)nc2N1. The number of benzene rings is 1. The largest absolute Gasteiger partial charge is 0.454 e. The fourth-order valence-corrected chi connectivity index (χ4v) is 3.84. The number of aromatic nitrogens is 4. The standard InChI is InChI=1S/C22H22N6O4/c1-13-19(21(30)25-17-5-2-3-9-23-17)20(14-7-8-15-16(11-14)32-12-31-15)28-22(24-13)26-18(27-28)6-4-10-29/h2-3,5,7-9,11,20,29H,4,6,10,12H2,1H3,(H,23,25,30)(H,24,26,27). The highest BCUT2D eigenvalue weighted by Gasteiger charge is 2.35. The van der Waals surface area contributed by atoms with Crippen LogP contribution in [-0.4, -0.2) is 44.2 Å². The molecule has 1 amide bonds. The molecule has 10 nitrogen and oxygen atoms in total. The lowest BCUT2D eigenvalue weighted by atomic mass is 9.94. The minimum atomic E-state index is -0.542. The van der Waals surface area contributed by atoms with Crippen molar-refractivity contribution < 1.29 is 19.4 Å². The average Bonchev–Trinajstić information content (AvgIpc) is 3.43. The van der Waals surface area contributed by atoms with Crippen molar-refractivity contribution in [1.29, 1.82) is 0 Å². The minimum absolute atomic E-state index is 0.0535. The Labute approximate surface area is 183 Å². The number of allylic oxidation sites excluding steroid dienone is 1. The lowest BCUT2D eigenvalue weighted by molar-refractivity contribution is -0.113. The number of amides is 1. The van der Waals surface area contributed by atoms with Crippen LogP contribution in [0.3, 0.4) is 0 Å². The van der Waals surface area contributed by atoms with Gasteiger partial charge in [0, 0.05) is 24.9 Å². The van der Waals surface area contributed by atoms with Gasteiger partial charge in [0.15, 0.2) is 17.3 Å². The Morgan fingerprint density at radius 1 is 1.28 bits per heavy atom. The number of fused-ring (bicyclic) bond motifs is 2. The second-order valence-corrected chi connectivity index (χ2v) is 7.47. The van der Waals surface area contributed by atoms with Crippen molar-refractivity contribution in [3.05, 3.63) is 65.3 Å². The number of nitrogens with one attached hydrogen (secondary N) is 2. The summed E-state index contributed by atoms with van der Waals surface area (Å²) in [5, 5.41) is 19.9. The number of hydrogen-bond donors (Lipinski definition) is 3. The van der Waals surface area contributed by atoms with E-state index >= 15 is 0 Å². The van der Waals surface area contributed by atoms with Crippen molar-refractivity contribution in [3.8, 4) is 11.5 Å². The van der Waals surface area contributed by atoms with Crippen LogP contribution in [0.1, 0.15) is 30.8 Å². The third-order valence-corrected chi connectivity index (χ3v) is 5.32. The molecule has 0 fully saturated rings. The molecule has 0 saturated carbocycles. The quantitative estimate of drug-likeness (QED) is 0.540. The fraction of sp³-hybridized carbons (Fsp3) is 0.273. The Kier molecular flexibility index (Phi) is 5.20. The Morgan fingerprint density at radius 3 is 2.97 bits per heavy atom. The molecule has 3 aromatic rings. The predicted octanol–water partition coefficient (Wildman–Crippen LogP) is 2.25. The summed E-state index contributed by atoms with van der Waals surface area (Å²) in [5.74, 6) is 2.55. The summed E-state index contributed by atoms with van der Waals surface area (Å²) in [7, 11) is 0. The van der Waals surface area contributed by atoms with E-state index in [1.165, 1.54) is 0 Å². The number of carbonyl (C=O) groups excluding carboxylic acids is 1. The van der Waals surface area contributed by atoms with E-state index in [1.807, 2.05) is 25.1 Å². The number of rotatable bonds is 6. The topological polar surface area (TPSA) is 123 Å². The summed E-state index contributed by atoms with van der Waals surface area (Å²) in [5.41, 5.74) is 1.96. The lowest BCUT2D eigenvalue weighted by Gasteiger charge is -2.28. The third-order valence-electron chi connectivity index (χ3n) is 5.32. The van der Waals surface area contributed by atoms with Crippen molar-refractivity contribution in [3.63, 3.8) is 0 Å². The molecule has 5 rings (SSSR count). The highest BCUT2D eigenvalue weighted by Crippen LogP contribution is 2.40. The van der Waals surface area contributed by atoms with Gasteiger partial charge in [0.25, 0.3) is 5.91 Å². The van der Waals surface area contributed by atoms with Gasteiger partial charge in [-0.3, -0.25) is 4.79 Å². The minimum Gasteiger partial charge on any atom is -0.454 e. The first-order chi connectivity index (χ1) is 15.6. The summed E-state index contributed by atoms with van der Waals surface area (Å²) in [4.78, 5) is 22.1. The van der Waals surface area contributed by atoms with E-state index in [0.29, 0.717) is 53.2 Å². The highest BCUT2D eigenvalue weighted by atomic mass is 16.7. The molecule has 2 aliphatic heterocycles. The summed E-state index contributed by atoms with van der Waals surface area (Å²) in [6.45, 7) is 2.05. The zero-order valence-corrected chi connectivity index (χ0v) is 17.4. The molecule has 1 aromatic carbocycles. The number of anilines is 2. The predicted molar refractivity (Wildman–Crippen MR) is 115 cm³/mol. The highest BCUT2D eigenvalue weighted by molar-refractivity contribution is 6.05. The van der Waals surface area contributed by atoms with Crippen LogP contribution in [0.4, 0.5) is 11.8 Å². The van der Waals surface area contributed by atoms with Gasteiger partial charge in [0.1, 0.15) is 11.9 Å². The number of pyridine rings is 1. The first-order valence-corrected chi connectivity index (χ1v) is 10.3. The second kappa shape index (κ2) is 8.31. The molecule has 0 radical (unpaired) electrons. The van der Waals surface area contributed by atoms with Crippen molar-refractivity contribution >= 4 is 17.7 Å².